The van der Waals surface area contributed by atoms with Crippen LogP contribution in [0.4, 0.5) is 21.6 Å². The molecule has 3 N–H and O–H groups in total. The van der Waals surface area contributed by atoms with Gasteiger partial charge >= 0.3 is 0 Å². The summed E-state index contributed by atoms with van der Waals surface area (Å²) in [6, 6.07) is 4.72. The van der Waals surface area contributed by atoms with Crippen LogP contribution in [0, 0.1) is 12.7 Å². The minimum atomic E-state index is -0.366. The highest BCUT2D eigenvalue weighted by molar-refractivity contribution is 9.10. The molecule has 90 valence electrons. The molecule has 0 aliphatic carbocycles. The fourth-order valence-corrected chi connectivity index (χ4v) is 1.79. The molecule has 0 spiro atoms. The van der Waals surface area contributed by atoms with Crippen molar-refractivity contribution in [3.8, 4) is 0 Å². The lowest BCUT2D eigenvalue weighted by atomic mass is 10.2. The fraction of sp³-hybridized carbons (Fsp3) is 0.182. The summed E-state index contributed by atoms with van der Waals surface area (Å²) in [6.45, 7) is 1.93. The van der Waals surface area contributed by atoms with Gasteiger partial charge in [0.05, 0.1) is 15.8 Å². The average molecular weight is 299 g/mol. The van der Waals surface area contributed by atoms with Crippen molar-refractivity contribution in [3.05, 3.63) is 34.2 Å². The van der Waals surface area contributed by atoms with Crippen LogP contribution >= 0.6 is 15.9 Å². The number of anilines is 3. The second-order valence-electron chi connectivity index (χ2n) is 3.77. The highest BCUT2D eigenvalue weighted by atomic mass is 79.9. The van der Waals surface area contributed by atoms with E-state index in [2.05, 4.69) is 26.3 Å². The molecule has 1 aromatic heterocycles. The molecule has 0 saturated heterocycles. The number of nitrogens with zero attached hydrogens (tertiary/aromatic N) is 2. The molecule has 0 aliphatic heterocycles. The Bertz CT molecular complexity index is 545. The van der Waals surface area contributed by atoms with Gasteiger partial charge in [-0.3, -0.25) is 4.68 Å². The van der Waals surface area contributed by atoms with Crippen LogP contribution in [0.15, 0.2) is 22.7 Å². The molecule has 0 atom stereocenters. The van der Waals surface area contributed by atoms with Gasteiger partial charge < -0.3 is 11.1 Å². The number of nitrogens with two attached hydrogens (primary N) is 1. The maximum absolute atomic E-state index is 13.4. The lowest BCUT2D eigenvalue weighted by Gasteiger charge is -2.07. The number of benzene rings is 1. The van der Waals surface area contributed by atoms with E-state index < -0.39 is 0 Å². The third-order valence-corrected chi connectivity index (χ3v) is 3.08. The Balaban J connectivity index is 2.33. The Kier molecular flexibility index (Phi) is 3.06. The molecule has 2 aromatic rings. The van der Waals surface area contributed by atoms with Crippen molar-refractivity contribution >= 4 is 33.1 Å². The molecular weight excluding hydrogens is 287 g/mol. The second kappa shape index (κ2) is 4.37. The smallest absolute Gasteiger partial charge is 0.152 e. The third-order valence-electron chi connectivity index (χ3n) is 2.47. The summed E-state index contributed by atoms with van der Waals surface area (Å²) >= 11 is 3.08. The van der Waals surface area contributed by atoms with Gasteiger partial charge in [-0.25, -0.2) is 4.39 Å². The molecule has 2 rings (SSSR count). The van der Waals surface area contributed by atoms with E-state index in [1.807, 2.05) is 20.0 Å². The number of rotatable bonds is 2. The monoisotopic (exact) mass is 298 g/mol. The maximum Gasteiger partial charge on any atom is 0.152 e. The van der Waals surface area contributed by atoms with Gasteiger partial charge in [-0.2, -0.15) is 5.10 Å². The first-order chi connectivity index (χ1) is 7.97. The highest BCUT2D eigenvalue weighted by Crippen LogP contribution is 2.28. The third kappa shape index (κ3) is 2.41. The zero-order chi connectivity index (χ0) is 12.6. The quantitative estimate of drug-likeness (QED) is 0.838. The van der Waals surface area contributed by atoms with Crippen LogP contribution in [0.3, 0.4) is 0 Å². The molecule has 0 bridgehead atoms. The Morgan fingerprint density at radius 1 is 1.41 bits per heavy atom. The van der Waals surface area contributed by atoms with E-state index in [-0.39, 0.29) is 5.82 Å². The normalized spacial score (nSPS) is 10.6. The van der Waals surface area contributed by atoms with Crippen molar-refractivity contribution in [1.82, 2.24) is 9.78 Å². The second-order valence-corrected chi connectivity index (χ2v) is 4.63. The number of hydrogen-bond acceptors (Lipinski definition) is 3. The SMILES string of the molecule is Cc1cc(Nc2cc(F)c(Br)cc2N)nn1C. The first kappa shape index (κ1) is 11.9. The van der Waals surface area contributed by atoms with Crippen LogP contribution in [0.1, 0.15) is 5.69 Å². The summed E-state index contributed by atoms with van der Waals surface area (Å²) in [6.07, 6.45) is 0. The van der Waals surface area contributed by atoms with Gasteiger partial charge in [0.25, 0.3) is 0 Å². The van der Waals surface area contributed by atoms with Crippen molar-refractivity contribution in [2.45, 2.75) is 6.92 Å². The van der Waals surface area contributed by atoms with Crippen molar-refractivity contribution in [2.75, 3.05) is 11.1 Å². The number of aryl methyl sites for hydroxylation is 2. The molecular formula is C11H12BrFN4. The molecule has 0 unspecified atom stereocenters. The van der Waals surface area contributed by atoms with E-state index >= 15 is 0 Å². The maximum atomic E-state index is 13.4. The zero-order valence-electron chi connectivity index (χ0n) is 9.46. The van der Waals surface area contributed by atoms with Gasteiger partial charge in [0, 0.05) is 24.9 Å². The number of halogens is 2. The van der Waals surface area contributed by atoms with Crippen molar-refractivity contribution in [2.24, 2.45) is 7.05 Å². The summed E-state index contributed by atoms with van der Waals surface area (Å²) < 4.78 is 15.5. The fourth-order valence-electron chi connectivity index (χ4n) is 1.43. The molecule has 1 heterocycles. The lowest BCUT2D eigenvalue weighted by molar-refractivity contribution is 0.622. The van der Waals surface area contributed by atoms with Gasteiger partial charge in [-0.1, -0.05) is 0 Å². The zero-order valence-corrected chi connectivity index (χ0v) is 11.0. The van der Waals surface area contributed by atoms with Gasteiger partial charge in [-0.05, 0) is 28.9 Å². The number of nitrogen functional groups attached to an aromatic ring is 1. The first-order valence-electron chi connectivity index (χ1n) is 4.99. The molecule has 0 amide bonds. The van der Waals surface area contributed by atoms with E-state index in [0.717, 1.165) is 5.69 Å². The van der Waals surface area contributed by atoms with Gasteiger partial charge in [0.2, 0.25) is 0 Å². The number of hydrogen-bond donors (Lipinski definition) is 2. The van der Waals surface area contributed by atoms with Crippen LogP contribution in [-0.2, 0) is 7.05 Å². The average Bonchev–Trinajstić information content (AvgIpc) is 2.55. The van der Waals surface area contributed by atoms with E-state index in [4.69, 9.17) is 5.73 Å². The Hall–Kier alpha value is -1.56. The Morgan fingerprint density at radius 2 is 2.12 bits per heavy atom. The van der Waals surface area contributed by atoms with Crippen LogP contribution in [0.25, 0.3) is 0 Å². The number of nitrogens with one attached hydrogen (secondary N) is 1. The molecule has 6 heteroatoms. The minimum Gasteiger partial charge on any atom is -0.397 e. The molecule has 0 radical (unpaired) electrons. The summed E-state index contributed by atoms with van der Waals surface area (Å²) in [5.41, 5.74) is 7.76. The lowest BCUT2D eigenvalue weighted by Crippen LogP contribution is -1.99. The van der Waals surface area contributed by atoms with E-state index in [0.29, 0.717) is 21.7 Å². The topological polar surface area (TPSA) is 55.9 Å². The molecule has 1 aromatic carbocycles. The van der Waals surface area contributed by atoms with E-state index in [9.17, 15) is 4.39 Å². The Morgan fingerprint density at radius 3 is 2.71 bits per heavy atom. The van der Waals surface area contributed by atoms with Gasteiger partial charge in [0.1, 0.15) is 5.82 Å². The predicted molar refractivity (Wildman–Crippen MR) is 69.7 cm³/mol. The first-order valence-corrected chi connectivity index (χ1v) is 5.79. The molecule has 4 nitrogen and oxygen atoms in total. The summed E-state index contributed by atoms with van der Waals surface area (Å²) in [5.74, 6) is 0.271. The highest BCUT2D eigenvalue weighted by Gasteiger charge is 2.08. The summed E-state index contributed by atoms with van der Waals surface area (Å²) in [4.78, 5) is 0. The van der Waals surface area contributed by atoms with Crippen molar-refractivity contribution in [1.29, 1.82) is 0 Å². The minimum absolute atomic E-state index is 0.345. The van der Waals surface area contributed by atoms with Crippen LogP contribution in [0.2, 0.25) is 0 Å². The van der Waals surface area contributed by atoms with Crippen molar-refractivity contribution in [3.63, 3.8) is 0 Å². The molecule has 0 saturated carbocycles. The predicted octanol–water partition coefficient (Wildman–Crippen LogP) is 2.96. The molecule has 17 heavy (non-hydrogen) atoms. The van der Waals surface area contributed by atoms with E-state index in [1.54, 1.807) is 4.68 Å². The molecule has 0 fully saturated rings. The summed E-state index contributed by atoms with van der Waals surface area (Å²) in [7, 11) is 1.84. The van der Waals surface area contributed by atoms with Gasteiger partial charge in [-0.15, -0.1) is 0 Å². The standard InChI is InChI=1S/C11H12BrFN4/c1-6-3-11(16-17(6)2)15-10-5-8(13)7(12)4-9(10)14/h3-5H,14H2,1-2H3,(H,15,16). The van der Waals surface area contributed by atoms with Crippen LogP contribution in [0.5, 0.6) is 0 Å². The van der Waals surface area contributed by atoms with E-state index in [1.165, 1.54) is 12.1 Å². The van der Waals surface area contributed by atoms with Crippen LogP contribution < -0.4 is 11.1 Å². The summed E-state index contributed by atoms with van der Waals surface area (Å²) in [5, 5.41) is 7.20. The van der Waals surface area contributed by atoms with Crippen molar-refractivity contribution < 1.29 is 4.39 Å². The largest absolute Gasteiger partial charge is 0.397 e. The molecule has 0 aliphatic rings. The van der Waals surface area contributed by atoms with Crippen LogP contribution in [-0.4, -0.2) is 9.78 Å². The number of aromatic nitrogens is 2. The Labute approximate surface area is 107 Å². The van der Waals surface area contributed by atoms with Gasteiger partial charge in [0.15, 0.2) is 5.82 Å².